The van der Waals surface area contributed by atoms with Gasteiger partial charge < -0.3 is 9.15 Å². The van der Waals surface area contributed by atoms with E-state index in [9.17, 15) is 9.59 Å². The lowest BCUT2D eigenvalue weighted by Crippen LogP contribution is -2.13. The van der Waals surface area contributed by atoms with Crippen LogP contribution in [-0.4, -0.2) is 5.97 Å². The van der Waals surface area contributed by atoms with Gasteiger partial charge in [0.05, 0.1) is 11.1 Å². The molecule has 4 nitrogen and oxygen atoms in total. The maximum Gasteiger partial charge on any atom is 0.344 e. The lowest BCUT2D eigenvalue weighted by molar-refractivity contribution is 0.0735. The van der Waals surface area contributed by atoms with E-state index < -0.39 is 11.6 Å². The zero-order chi connectivity index (χ0) is 22.2. The number of carbonyl (C=O) groups is 1. The molecule has 0 spiro atoms. The van der Waals surface area contributed by atoms with E-state index in [0.717, 1.165) is 22.1 Å². The van der Waals surface area contributed by atoms with Crippen LogP contribution in [0.25, 0.3) is 22.1 Å². The van der Waals surface area contributed by atoms with Gasteiger partial charge in [-0.05, 0) is 53.3 Å². The van der Waals surface area contributed by atoms with Crippen molar-refractivity contribution >= 4 is 16.9 Å². The summed E-state index contributed by atoms with van der Waals surface area (Å²) in [6.45, 7) is 8.25. The first-order valence-electron chi connectivity index (χ1n) is 10.2. The number of hydrogen-bond acceptors (Lipinski definition) is 4. The lowest BCUT2D eigenvalue weighted by atomic mass is 9.87. The van der Waals surface area contributed by atoms with Crippen LogP contribution in [-0.2, 0) is 5.41 Å². The van der Waals surface area contributed by atoms with Crippen LogP contribution in [0.3, 0.4) is 0 Å². The zero-order valence-corrected chi connectivity index (χ0v) is 18.1. The SMILES string of the molecule is Cc1c(-c2ccccc2)c(=O)oc2cc(OC(=O)c3ccc(C(C)(C)C)cc3)ccc12. The molecule has 0 aliphatic heterocycles. The van der Waals surface area contributed by atoms with Crippen molar-refractivity contribution in [2.45, 2.75) is 33.1 Å². The molecule has 156 valence electrons. The Labute approximate surface area is 181 Å². The normalized spacial score (nSPS) is 11.5. The van der Waals surface area contributed by atoms with Crippen LogP contribution < -0.4 is 10.4 Å². The Morgan fingerprint density at radius 2 is 1.58 bits per heavy atom. The van der Waals surface area contributed by atoms with Crippen molar-refractivity contribution in [2.75, 3.05) is 0 Å². The maximum atomic E-state index is 12.6. The molecule has 0 unspecified atom stereocenters. The van der Waals surface area contributed by atoms with E-state index in [1.54, 1.807) is 24.3 Å². The summed E-state index contributed by atoms with van der Waals surface area (Å²) in [6.07, 6.45) is 0. The third kappa shape index (κ3) is 4.15. The average molecular weight is 412 g/mol. The first-order chi connectivity index (χ1) is 14.7. The summed E-state index contributed by atoms with van der Waals surface area (Å²) in [5.74, 6) is -0.132. The predicted octanol–water partition coefficient (Wildman–Crippen LogP) is 6.29. The van der Waals surface area contributed by atoms with Crippen LogP contribution in [0, 0.1) is 6.92 Å². The summed E-state index contributed by atoms with van der Waals surface area (Å²) < 4.78 is 11.1. The molecule has 0 N–H and O–H groups in total. The summed E-state index contributed by atoms with van der Waals surface area (Å²) in [5, 5.41) is 0.799. The smallest absolute Gasteiger partial charge is 0.344 e. The molecule has 0 bridgehead atoms. The average Bonchev–Trinajstić information content (AvgIpc) is 2.74. The van der Waals surface area contributed by atoms with E-state index in [0.29, 0.717) is 22.5 Å². The van der Waals surface area contributed by atoms with Crippen LogP contribution in [0.15, 0.2) is 82.0 Å². The molecule has 4 heteroatoms. The molecular weight excluding hydrogens is 388 g/mol. The van der Waals surface area contributed by atoms with Crippen LogP contribution >= 0.6 is 0 Å². The van der Waals surface area contributed by atoms with Gasteiger partial charge in [0, 0.05) is 11.5 Å². The first-order valence-corrected chi connectivity index (χ1v) is 10.2. The maximum absolute atomic E-state index is 12.6. The number of aryl methyl sites for hydroxylation is 1. The highest BCUT2D eigenvalue weighted by Gasteiger charge is 2.17. The molecule has 0 aliphatic carbocycles. The molecule has 3 aromatic carbocycles. The highest BCUT2D eigenvalue weighted by Crippen LogP contribution is 2.29. The van der Waals surface area contributed by atoms with E-state index in [2.05, 4.69) is 20.8 Å². The lowest BCUT2D eigenvalue weighted by Gasteiger charge is -2.18. The summed E-state index contributed by atoms with van der Waals surface area (Å²) in [7, 11) is 0. The Hall–Kier alpha value is -3.66. The van der Waals surface area contributed by atoms with E-state index in [4.69, 9.17) is 9.15 Å². The van der Waals surface area contributed by atoms with Crippen molar-refractivity contribution in [3.05, 3.63) is 99.9 Å². The standard InChI is InChI=1S/C27H24O4/c1-17-22-15-14-21(30-25(28)19-10-12-20(13-11-19)27(2,3)4)16-23(22)31-26(29)24(17)18-8-6-5-7-9-18/h5-16H,1-4H3. The number of benzene rings is 3. The Balaban J connectivity index is 1.64. The van der Waals surface area contributed by atoms with Gasteiger partial charge in [-0.1, -0.05) is 63.2 Å². The van der Waals surface area contributed by atoms with Crippen LogP contribution in [0.5, 0.6) is 5.75 Å². The summed E-state index contributed by atoms with van der Waals surface area (Å²) in [5.41, 5.74) is 3.75. The minimum Gasteiger partial charge on any atom is -0.423 e. The number of ether oxygens (including phenoxy) is 1. The van der Waals surface area contributed by atoms with Crippen LogP contribution in [0.1, 0.15) is 42.3 Å². The first kappa shape index (κ1) is 20.6. The van der Waals surface area contributed by atoms with E-state index >= 15 is 0 Å². The molecule has 0 saturated heterocycles. The fraction of sp³-hybridized carbons (Fsp3) is 0.185. The van der Waals surface area contributed by atoms with Gasteiger partial charge in [0.25, 0.3) is 0 Å². The minimum absolute atomic E-state index is 0.00872. The molecule has 0 saturated carbocycles. The molecule has 0 fully saturated rings. The Morgan fingerprint density at radius 1 is 0.903 bits per heavy atom. The van der Waals surface area contributed by atoms with Crippen molar-refractivity contribution in [3.8, 4) is 16.9 Å². The fourth-order valence-electron chi connectivity index (χ4n) is 3.61. The number of carbonyl (C=O) groups excluding carboxylic acids is 1. The van der Waals surface area contributed by atoms with E-state index in [1.807, 2.05) is 55.5 Å². The largest absolute Gasteiger partial charge is 0.423 e. The summed E-state index contributed by atoms with van der Waals surface area (Å²) in [4.78, 5) is 25.2. The second kappa shape index (κ2) is 7.88. The van der Waals surface area contributed by atoms with E-state index in [-0.39, 0.29) is 5.41 Å². The number of rotatable bonds is 3. The molecular formula is C27H24O4. The summed E-state index contributed by atoms with van der Waals surface area (Å²) in [6, 6.07) is 21.9. The van der Waals surface area contributed by atoms with Gasteiger partial charge in [-0.2, -0.15) is 0 Å². The predicted molar refractivity (Wildman–Crippen MR) is 123 cm³/mol. The van der Waals surface area contributed by atoms with Crippen molar-refractivity contribution in [1.82, 2.24) is 0 Å². The van der Waals surface area contributed by atoms with Crippen molar-refractivity contribution in [3.63, 3.8) is 0 Å². The molecule has 0 atom stereocenters. The zero-order valence-electron chi connectivity index (χ0n) is 18.1. The second-order valence-electron chi connectivity index (χ2n) is 8.63. The van der Waals surface area contributed by atoms with Gasteiger partial charge in [0.1, 0.15) is 11.3 Å². The molecule has 1 aromatic heterocycles. The van der Waals surface area contributed by atoms with E-state index in [1.165, 1.54) is 0 Å². The molecule has 0 radical (unpaired) electrons. The Bertz CT molecular complexity index is 1310. The molecule has 4 rings (SSSR count). The molecule has 4 aromatic rings. The Kier molecular flexibility index (Phi) is 5.24. The van der Waals surface area contributed by atoms with Gasteiger partial charge in [0.15, 0.2) is 0 Å². The highest BCUT2D eigenvalue weighted by atomic mass is 16.5. The monoisotopic (exact) mass is 412 g/mol. The quantitative estimate of drug-likeness (QED) is 0.226. The van der Waals surface area contributed by atoms with Crippen molar-refractivity contribution in [1.29, 1.82) is 0 Å². The van der Waals surface area contributed by atoms with Gasteiger partial charge in [0.2, 0.25) is 0 Å². The topological polar surface area (TPSA) is 56.5 Å². The molecule has 31 heavy (non-hydrogen) atoms. The van der Waals surface area contributed by atoms with Crippen LogP contribution in [0.2, 0.25) is 0 Å². The van der Waals surface area contributed by atoms with Gasteiger partial charge in [-0.25, -0.2) is 9.59 Å². The second-order valence-corrected chi connectivity index (χ2v) is 8.63. The Morgan fingerprint density at radius 3 is 2.23 bits per heavy atom. The summed E-state index contributed by atoms with van der Waals surface area (Å²) >= 11 is 0. The minimum atomic E-state index is -0.459. The highest BCUT2D eigenvalue weighted by molar-refractivity contribution is 5.92. The van der Waals surface area contributed by atoms with Gasteiger partial charge in [-0.3, -0.25) is 0 Å². The fourth-order valence-corrected chi connectivity index (χ4v) is 3.61. The number of fused-ring (bicyclic) bond motifs is 1. The molecule has 1 heterocycles. The van der Waals surface area contributed by atoms with Gasteiger partial charge >= 0.3 is 11.6 Å². The van der Waals surface area contributed by atoms with Crippen LogP contribution in [0.4, 0.5) is 0 Å². The third-order valence-corrected chi connectivity index (χ3v) is 5.40. The number of esters is 1. The van der Waals surface area contributed by atoms with Crippen molar-refractivity contribution in [2.24, 2.45) is 0 Å². The molecule has 0 aliphatic rings. The third-order valence-electron chi connectivity index (χ3n) is 5.40. The number of hydrogen-bond donors (Lipinski definition) is 0. The van der Waals surface area contributed by atoms with Crippen molar-refractivity contribution < 1.29 is 13.9 Å². The van der Waals surface area contributed by atoms with Gasteiger partial charge in [-0.15, -0.1) is 0 Å². The molecule has 0 amide bonds.